The number of ether oxygens (including phenoxy) is 1. The first-order valence-corrected chi connectivity index (χ1v) is 7.77. The zero-order chi connectivity index (χ0) is 18.1. The van der Waals surface area contributed by atoms with Crippen molar-refractivity contribution in [2.24, 2.45) is 11.7 Å². The highest BCUT2D eigenvalue weighted by atomic mass is 19.1. The smallest absolute Gasteiger partial charge is 0.309 e. The van der Waals surface area contributed by atoms with Gasteiger partial charge in [0, 0.05) is 12.6 Å². The Labute approximate surface area is 139 Å². The Morgan fingerprint density at radius 3 is 2.62 bits per heavy atom. The normalized spacial score (nSPS) is 21.5. The number of rotatable bonds is 3. The Balaban J connectivity index is 2.09. The fraction of sp³-hybridized carbons (Fsp3) is 0.562. The molecule has 1 fully saturated rings. The van der Waals surface area contributed by atoms with Crippen LogP contribution in [0, 0.1) is 21.8 Å². The minimum Gasteiger partial charge on any atom is -0.460 e. The van der Waals surface area contributed by atoms with Crippen LogP contribution in [0.15, 0.2) is 18.2 Å². The van der Waals surface area contributed by atoms with Gasteiger partial charge in [0.2, 0.25) is 0 Å². The molecule has 0 radical (unpaired) electrons. The molecule has 1 aliphatic heterocycles. The van der Waals surface area contributed by atoms with Gasteiger partial charge in [-0.1, -0.05) is 0 Å². The quantitative estimate of drug-likeness (QED) is 0.516. The van der Waals surface area contributed by atoms with Crippen LogP contribution in [0.4, 0.5) is 15.8 Å². The minimum atomic E-state index is -0.699. The van der Waals surface area contributed by atoms with E-state index >= 15 is 0 Å². The molecule has 0 saturated carbocycles. The molecule has 2 N–H and O–H groups in total. The van der Waals surface area contributed by atoms with Crippen molar-refractivity contribution in [1.82, 2.24) is 0 Å². The van der Waals surface area contributed by atoms with Crippen LogP contribution in [0.5, 0.6) is 0 Å². The van der Waals surface area contributed by atoms with E-state index < -0.39 is 22.5 Å². The molecule has 1 aromatic rings. The average Bonchev–Trinajstić information content (AvgIpc) is 2.45. The number of nitrogens with two attached hydrogens (primary N) is 1. The van der Waals surface area contributed by atoms with Gasteiger partial charge in [0.1, 0.15) is 5.60 Å². The third-order valence-corrected chi connectivity index (χ3v) is 3.84. The van der Waals surface area contributed by atoms with Gasteiger partial charge in [-0.05, 0) is 39.7 Å². The molecule has 1 aromatic carbocycles. The van der Waals surface area contributed by atoms with E-state index in [-0.39, 0.29) is 23.3 Å². The van der Waals surface area contributed by atoms with Gasteiger partial charge >= 0.3 is 5.97 Å². The number of anilines is 1. The fourth-order valence-electron chi connectivity index (χ4n) is 2.74. The summed E-state index contributed by atoms with van der Waals surface area (Å²) in [5.41, 5.74) is 5.41. The largest absolute Gasteiger partial charge is 0.460 e. The molecular formula is C16H22FN3O4. The lowest BCUT2D eigenvalue weighted by Gasteiger charge is -2.38. The summed E-state index contributed by atoms with van der Waals surface area (Å²) in [5, 5.41) is 10.7. The van der Waals surface area contributed by atoms with E-state index in [0.717, 1.165) is 6.07 Å². The first-order chi connectivity index (χ1) is 11.1. The van der Waals surface area contributed by atoms with Crippen molar-refractivity contribution < 1.29 is 18.8 Å². The van der Waals surface area contributed by atoms with E-state index in [9.17, 15) is 19.3 Å². The van der Waals surface area contributed by atoms with Crippen molar-refractivity contribution in [1.29, 1.82) is 0 Å². The molecule has 2 unspecified atom stereocenters. The molecule has 1 heterocycles. The molecule has 24 heavy (non-hydrogen) atoms. The zero-order valence-electron chi connectivity index (χ0n) is 14.0. The summed E-state index contributed by atoms with van der Waals surface area (Å²) in [6.07, 6.45) is 0.261. The van der Waals surface area contributed by atoms with Gasteiger partial charge in [-0.2, -0.15) is 0 Å². The van der Waals surface area contributed by atoms with Crippen LogP contribution in [0.25, 0.3) is 0 Å². The Hall–Kier alpha value is -2.22. The number of halogens is 1. The second kappa shape index (κ2) is 6.72. The Bertz CT molecular complexity index is 645. The molecule has 2 rings (SSSR count). The van der Waals surface area contributed by atoms with Gasteiger partial charge < -0.3 is 15.4 Å². The number of benzene rings is 1. The van der Waals surface area contributed by atoms with E-state index in [4.69, 9.17) is 10.5 Å². The molecule has 8 heteroatoms. The fourth-order valence-corrected chi connectivity index (χ4v) is 2.74. The summed E-state index contributed by atoms with van der Waals surface area (Å²) in [5.74, 6) is -1.34. The minimum absolute atomic E-state index is 0.204. The number of hydrogen-bond donors (Lipinski definition) is 1. The van der Waals surface area contributed by atoms with Crippen LogP contribution < -0.4 is 10.6 Å². The van der Waals surface area contributed by atoms with Crippen LogP contribution in [-0.4, -0.2) is 29.2 Å². The molecular weight excluding hydrogens is 317 g/mol. The molecule has 0 aliphatic carbocycles. The van der Waals surface area contributed by atoms with Gasteiger partial charge in [-0.25, -0.2) is 4.39 Å². The van der Waals surface area contributed by atoms with Gasteiger partial charge in [0.05, 0.1) is 28.8 Å². The van der Waals surface area contributed by atoms with Gasteiger partial charge in [-0.15, -0.1) is 0 Å². The second-order valence-corrected chi connectivity index (χ2v) is 6.91. The van der Waals surface area contributed by atoms with Crippen molar-refractivity contribution in [2.75, 3.05) is 11.4 Å². The third-order valence-electron chi connectivity index (χ3n) is 3.84. The van der Waals surface area contributed by atoms with Crippen molar-refractivity contribution in [2.45, 2.75) is 45.4 Å². The molecule has 1 saturated heterocycles. The highest BCUT2D eigenvalue weighted by Crippen LogP contribution is 2.31. The van der Waals surface area contributed by atoms with E-state index in [1.165, 1.54) is 12.1 Å². The SMILES string of the molecule is CC(C)(C)OC(=O)C1CCN(c2ccc([N+](=O)[O-])cc2F)C(N)C1. The molecule has 7 nitrogen and oxygen atoms in total. The standard InChI is InChI=1S/C16H22FN3O4/c1-16(2,3)24-15(21)10-6-7-19(14(18)8-10)13-5-4-11(20(22)23)9-12(13)17/h4-5,9-10,14H,6-8,18H2,1-3H3. The number of carbonyl (C=O) groups excluding carboxylic acids is 1. The number of nitrogens with zero attached hydrogens (tertiary/aromatic N) is 2. The lowest BCUT2D eigenvalue weighted by Crippen LogP contribution is -2.50. The maximum Gasteiger partial charge on any atom is 0.309 e. The number of nitro groups is 1. The van der Waals surface area contributed by atoms with Crippen LogP contribution in [0.2, 0.25) is 0 Å². The van der Waals surface area contributed by atoms with Crippen molar-refractivity contribution in [3.63, 3.8) is 0 Å². The number of hydrogen-bond acceptors (Lipinski definition) is 6. The lowest BCUT2D eigenvalue weighted by molar-refractivity contribution is -0.385. The number of carbonyl (C=O) groups is 1. The topological polar surface area (TPSA) is 98.7 Å². The van der Waals surface area contributed by atoms with E-state index in [2.05, 4.69) is 0 Å². The first kappa shape index (κ1) is 18.1. The maximum absolute atomic E-state index is 14.2. The van der Waals surface area contributed by atoms with Crippen molar-refractivity contribution in [3.8, 4) is 0 Å². The summed E-state index contributed by atoms with van der Waals surface area (Å²) in [4.78, 5) is 23.8. The second-order valence-electron chi connectivity index (χ2n) is 6.91. The van der Waals surface area contributed by atoms with Crippen LogP contribution in [0.3, 0.4) is 0 Å². The predicted molar refractivity (Wildman–Crippen MR) is 86.9 cm³/mol. The summed E-state index contributed by atoms with van der Waals surface area (Å²) >= 11 is 0. The lowest BCUT2D eigenvalue weighted by atomic mass is 9.94. The Kier molecular flexibility index (Phi) is 5.08. The molecule has 1 aliphatic rings. The summed E-state index contributed by atoms with van der Waals surface area (Å²) in [6, 6.07) is 3.47. The molecule has 2 atom stereocenters. The number of esters is 1. The molecule has 0 amide bonds. The third kappa shape index (κ3) is 4.19. The Morgan fingerprint density at radius 1 is 1.46 bits per heavy atom. The summed E-state index contributed by atoms with van der Waals surface area (Å²) < 4.78 is 19.5. The average molecular weight is 339 g/mol. The maximum atomic E-state index is 14.2. The van der Waals surface area contributed by atoms with Crippen LogP contribution in [-0.2, 0) is 9.53 Å². The highest BCUT2D eigenvalue weighted by Gasteiger charge is 2.34. The Morgan fingerprint density at radius 2 is 2.12 bits per heavy atom. The van der Waals surface area contributed by atoms with Crippen molar-refractivity contribution in [3.05, 3.63) is 34.1 Å². The van der Waals surface area contributed by atoms with E-state index in [0.29, 0.717) is 19.4 Å². The van der Waals surface area contributed by atoms with Crippen molar-refractivity contribution >= 4 is 17.3 Å². The zero-order valence-corrected chi connectivity index (χ0v) is 14.0. The van der Waals surface area contributed by atoms with Gasteiger partial charge in [0.15, 0.2) is 5.82 Å². The number of piperidine rings is 1. The molecule has 0 spiro atoms. The molecule has 132 valence electrons. The summed E-state index contributed by atoms with van der Waals surface area (Å²) in [6.45, 7) is 5.77. The van der Waals surface area contributed by atoms with E-state index in [1.54, 1.807) is 25.7 Å². The molecule has 0 bridgehead atoms. The van der Waals surface area contributed by atoms with Gasteiger partial charge in [-0.3, -0.25) is 14.9 Å². The first-order valence-electron chi connectivity index (χ1n) is 7.77. The molecule has 0 aromatic heterocycles. The number of non-ortho nitro benzene ring substituents is 1. The predicted octanol–water partition coefficient (Wildman–Crippen LogP) is 2.58. The van der Waals surface area contributed by atoms with Gasteiger partial charge in [0.25, 0.3) is 5.69 Å². The van der Waals surface area contributed by atoms with Crippen LogP contribution in [0.1, 0.15) is 33.6 Å². The number of nitro benzene ring substituents is 1. The summed E-state index contributed by atoms with van der Waals surface area (Å²) in [7, 11) is 0. The highest BCUT2D eigenvalue weighted by molar-refractivity contribution is 5.73. The van der Waals surface area contributed by atoms with E-state index in [1.807, 2.05) is 0 Å². The van der Waals surface area contributed by atoms with Crippen LogP contribution >= 0.6 is 0 Å². The monoisotopic (exact) mass is 339 g/mol.